The number of aromatic nitrogens is 3. The summed E-state index contributed by atoms with van der Waals surface area (Å²) in [6.07, 6.45) is 1.80. The maximum absolute atomic E-state index is 11.6. The molecule has 0 radical (unpaired) electrons. The summed E-state index contributed by atoms with van der Waals surface area (Å²) in [6, 6.07) is 17.7. The Morgan fingerprint density at radius 1 is 1.10 bits per heavy atom. The van der Waals surface area contributed by atoms with Gasteiger partial charge in [0.15, 0.2) is 5.82 Å². The molecule has 0 unspecified atom stereocenters. The molecule has 2 aromatic carbocycles. The lowest BCUT2D eigenvalue weighted by molar-refractivity contribution is 0.686. The Bertz CT molecular complexity index is 798. The molecule has 21 heavy (non-hydrogen) atoms. The lowest BCUT2D eigenvalue weighted by Crippen LogP contribution is -2.08. The van der Waals surface area contributed by atoms with Crippen LogP contribution in [0.3, 0.4) is 0 Å². The first-order chi connectivity index (χ1) is 10.3. The second-order valence-electron chi connectivity index (χ2n) is 4.75. The number of hydrogen-bond acceptors (Lipinski definition) is 2. The topological polar surface area (TPSA) is 50.7 Å². The molecule has 0 aliphatic heterocycles. The molecule has 4 nitrogen and oxygen atoms in total. The third-order valence-electron chi connectivity index (χ3n) is 3.28. The van der Waals surface area contributed by atoms with Gasteiger partial charge in [-0.1, -0.05) is 67.3 Å². The Balaban J connectivity index is 1.95. The molecule has 0 spiro atoms. The van der Waals surface area contributed by atoms with Crippen LogP contribution in [0.1, 0.15) is 11.1 Å². The van der Waals surface area contributed by atoms with Gasteiger partial charge in [-0.2, -0.15) is 4.98 Å². The van der Waals surface area contributed by atoms with Crippen LogP contribution in [0.25, 0.3) is 17.5 Å². The fourth-order valence-corrected chi connectivity index (χ4v) is 2.21. The number of nitrogens with one attached hydrogen (secondary N) is 1. The van der Waals surface area contributed by atoms with E-state index in [1.165, 1.54) is 0 Å². The molecule has 104 valence electrons. The molecular weight excluding hydrogens is 262 g/mol. The number of benzene rings is 2. The second-order valence-corrected chi connectivity index (χ2v) is 4.75. The van der Waals surface area contributed by atoms with Crippen LogP contribution in [0.2, 0.25) is 0 Å². The van der Waals surface area contributed by atoms with Gasteiger partial charge < -0.3 is 0 Å². The van der Waals surface area contributed by atoms with Crippen LogP contribution >= 0.6 is 0 Å². The van der Waals surface area contributed by atoms with E-state index in [-0.39, 0.29) is 5.69 Å². The monoisotopic (exact) mass is 277 g/mol. The number of hydrogen-bond donors (Lipinski definition) is 1. The molecule has 1 N–H and O–H groups in total. The number of H-pyrrole nitrogens is 1. The number of aromatic amines is 1. The highest BCUT2D eigenvalue weighted by molar-refractivity contribution is 5.54. The van der Waals surface area contributed by atoms with Crippen molar-refractivity contribution in [2.75, 3.05) is 0 Å². The van der Waals surface area contributed by atoms with Crippen LogP contribution in [0, 0.1) is 0 Å². The summed E-state index contributed by atoms with van der Waals surface area (Å²) in [5, 5.41) is 2.75. The zero-order valence-corrected chi connectivity index (χ0v) is 11.5. The van der Waals surface area contributed by atoms with Gasteiger partial charge in [-0.25, -0.2) is 9.89 Å². The molecule has 0 aliphatic carbocycles. The van der Waals surface area contributed by atoms with Gasteiger partial charge >= 0.3 is 5.69 Å². The molecule has 0 bridgehead atoms. The summed E-state index contributed by atoms with van der Waals surface area (Å²) in [5.74, 6) is 0.647. The van der Waals surface area contributed by atoms with E-state index in [9.17, 15) is 4.79 Å². The molecule has 0 atom stereocenters. The van der Waals surface area contributed by atoms with Crippen molar-refractivity contribution in [1.29, 1.82) is 0 Å². The number of rotatable bonds is 4. The summed E-state index contributed by atoms with van der Waals surface area (Å²) < 4.78 is 1.76. The Morgan fingerprint density at radius 3 is 2.48 bits per heavy atom. The highest BCUT2D eigenvalue weighted by Crippen LogP contribution is 2.16. The van der Waals surface area contributed by atoms with Gasteiger partial charge in [0, 0.05) is 5.56 Å². The first-order valence-electron chi connectivity index (χ1n) is 6.70. The maximum Gasteiger partial charge on any atom is 0.361 e. The van der Waals surface area contributed by atoms with Gasteiger partial charge in [-0.15, -0.1) is 0 Å². The van der Waals surface area contributed by atoms with E-state index in [2.05, 4.69) is 16.7 Å². The van der Waals surface area contributed by atoms with Crippen LogP contribution in [0.4, 0.5) is 0 Å². The molecule has 1 heterocycles. The van der Waals surface area contributed by atoms with Crippen molar-refractivity contribution in [3.63, 3.8) is 0 Å². The second kappa shape index (κ2) is 5.63. The Labute approximate surface area is 122 Å². The summed E-state index contributed by atoms with van der Waals surface area (Å²) in [5.41, 5.74) is 2.74. The average molecular weight is 277 g/mol. The normalized spacial score (nSPS) is 10.5. The van der Waals surface area contributed by atoms with Crippen molar-refractivity contribution >= 4 is 6.08 Å². The minimum absolute atomic E-state index is 0.337. The van der Waals surface area contributed by atoms with E-state index >= 15 is 0 Å². The molecule has 4 heteroatoms. The van der Waals surface area contributed by atoms with Crippen molar-refractivity contribution in [2.24, 2.45) is 0 Å². The molecule has 3 rings (SSSR count). The lowest BCUT2D eigenvalue weighted by Gasteiger charge is -2.07. The summed E-state index contributed by atoms with van der Waals surface area (Å²) in [7, 11) is 0. The zero-order chi connectivity index (χ0) is 14.7. The maximum atomic E-state index is 11.6. The largest absolute Gasteiger partial charge is 0.361 e. The van der Waals surface area contributed by atoms with Crippen LogP contribution < -0.4 is 5.69 Å². The quantitative estimate of drug-likeness (QED) is 0.797. The van der Waals surface area contributed by atoms with Gasteiger partial charge in [0.2, 0.25) is 0 Å². The fraction of sp³-hybridized carbons (Fsp3) is 0.0588. The van der Waals surface area contributed by atoms with Crippen molar-refractivity contribution in [2.45, 2.75) is 6.54 Å². The summed E-state index contributed by atoms with van der Waals surface area (Å²) >= 11 is 0. The SMILES string of the molecule is C=Cc1ccc(Cn2[nH]c(=O)nc2-c2ccccc2)cc1. The summed E-state index contributed by atoms with van der Waals surface area (Å²) in [4.78, 5) is 15.6. The molecular formula is C17H15N3O. The van der Waals surface area contributed by atoms with Gasteiger partial charge in [0.1, 0.15) is 0 Å². The number of nitrogens with zero attached hydrogens (tertiary/aromatic N) is 2. The zero-order valence-electron chi connectivity index (χ0n) is 11.5. The van der Waals surface area contributed by atoms with Crippen LogP contribution in [0.15, 0.2) is 66.0 Å². The van der Waals surface area contributed by atoms with E-state index in [0.29, 0.717) is 12.4 Å². The first-order valence-corrected chi connectivity index (χ1v) is 6.70. The Kier molecular flexibility index (Phi) is 3.51. The third kappa shape index (κ3) is 2.84. The predicted octanol–water partition coefficient (Wildman–Crippen LogP) is 2.93. The summed E-state index contributed by atoms with van der Waals surface area (Å²) in [6.45, 7) is 4.31. The van der Waals surface area contributed by atoms with E-state index in [0.717, 1.165) is 16.7 Å². The fourth-order valence-electron chi connectivity index (χ4n) is 2.21. The highest BCUT2D eigenvalue weighted by Gasteiger charge is 2.08. The molecule has 0 saturated carbocycles. The van der Waals surface area contributed by atoms with Crippen molar-refractivity contribution in [3.8, 4) is 11.4 Å². The molecule has 0 amide bonds. The van der Waals surface area contributed by atoms with Gasteiger partial charge in [0.25, 0.3) is 0 Å². The van der Waals surface area contributed by atoms with Crippen LogP contribution in [0.5, 0.6) is 0 Å². The minimum atomic E-state index is -0.337. The molecule has 0 fully saturated rings. The molecule has 1 aromatic heterocycles. The van der Waals surface area contributed by atoms with Crippen LogP contribution in [-0.2, 0) is 6.54 Å². The Hall–Kier alpha value is -2.88. The predicted molar refractivity (Wildman–Crippen MR) is 83.9 cm³/mol. The van der Waals surface area contributed by atoms with Crippen molar-refractivity contribution in [1.82, 2.24) is 14.8 Å². The standard InChI is InChI=1S/C17H15N3O/c1-2-13-8-10-14(11-9-13)12-20-16(18-17(21)19-20)15-6-4-3-5-7-15/h2-11H,1,12H2,(H,19,21). The van der Waals surface area contributed by atoms with E-state index in [1.807, 2.05) is 54.6 Å². The third-order valence-corrected chi connectivity index (χ3v) is 3.28. The van der Waals surface area contributed by atoms with Gasteiger partial charge in [-0.3, -0.25) is 4.68 Å². The minimum Gasteiger partial charge on any atom is -0.262 e. The van der Waals surface area contributed by atoms with E-state index in [1.54, 1.807) is 10.8 Å². The van der Waals surface area contributed by atoms with E-state index in [4.69, 9.17) is 0 Å². The molecule has 3 aromatic rings. The first kappa shape index (κ1) is 13.1. The highest BCUT2D eigenvalue weighted by atomic mass is 16.1. The Morgan fingerprint density at radius 2 is 1.81 bits per heavy atom. The van der Waals surface area contributed by atoms with Crippen molar-refractivity contribution < 1.29 is 0 Å². The van der Waals surface area contributed by atoms with Gasteiger partial charge in [0.05, 0.1) is 6.54 Å². The molecule has 0 aliphatic rings. The van der Waals surface area contributed by atoms with Gasteiger partial charge in [-0.05, 0) is 11.1 Å². The smallest absolute Gasteiger partial charge is 0.262 e. The average Bonchev–Trinajstić information content (AvgIpc) is 2.89. The van der Waals surface area contributed by atoms with Crippen LogP contribution in [-0.4, -0.2) is 14.8 Å². The lowest BCUT2D eigenvalue weighted by atomic mass is 10.1. The van der Waals surface area contributed by atoms with Crippen molar-refractivity contribution in [3.05, 3.63) is 82.8 Å². The molecule has 0 saturated heterocycles. The van der Waals surface area contributed by atoms with E-state index < -0.39 is 0 Å².